The highest BCUT2D eigenvalue weighted by atomic mass is 35.5. The lowest BCUT2D eigenvalue weighted by Gasteiger charge is -2.36. The summed E-state index contributed by atoms with van der Waals surface area (Å²) < 4.78 is 27.8. The van der Waals surface area contributed by atoms with Crippen molar-refractivity contribution in [1.82, 2.24) is 9.21 Å². The van der Waals surface area contributed by atoms with E-state index in [-0.39, 0.29) is 21.4 Å². The van der Waals surface area contributed by atoms with Crippen LogP contribution in [-0.4, -0.2) is 62.8 Å². The molecule has 1 amide bonds. The van der Waals surface area contributed by atoms with Crippen LogP contribution in [0.2, 0.25) is 10.0 Å². The third kappa shape index (κ3) is 4.91. The van der Waals surface area contributed by atoms with Crippen LogP contribution < -0.4 is 4.90 Å². The maximum Gasteiger partial charge on any atom is 0.255 e. The molecule has 0 unspecified atom stereocenters. The molecule has 0 aliphatic carbocycles. The molecule has 0 saturated carbocycles. The summed E-state index contributed by atoms with van der Waals surface area (Å²) in [5.41, 5.74) is 1.25. The van der Waals surface area contributed by atoms with E-state index in [2.05, 4.69) is 11.8 Å². The predicted octanol–water partition coefficient (Wildman–Crippen LogP) is 4.38. The standard InChI is InChI=1S/C23H27Cl2N3O3S/c1-17-7-9-28(10-8-17)32(30,31)20-5-6-22(25)21(16-20)23(29)27-13-11-26(12-14-27)19-4-2-3-18(24)15-19/h2-6,15-17H,7-14H2,1H3. The molecule has 4 rings (SSSR count). The molecule has 0 bridgehead atoms. The zero-order valence-corrected chi connectivity index (χ0v) is 20.3. The summed E-state index contributed by atoms with van der Waals surface area (Å²) in [6.45, 7) is 5.49. The van der Waals surface area contributed by atoms with Gasteiger partial charge in [0.25, 0.3) is 5.91 Å². The number of benzene rings is 2. The normalized spacial score (nSPS) is 18.7. The molecule has 2 fully saturated rings. The summed E-state index contributed by atoms with van der Waals surface area (Å²) in [5.74, 6) is 0.277. The molecule has 0 radical (unpaired) electrons. The molecule has 9 heteroatoms. The van der Waals surface area contributed by atoms with Gasteiger partial charge in [0.2, 0.25) is 10.0 Å². The fraction of sp³-hybridized carbons (Fsp3) is 0.435. The number of nitrogens with zero attached hydrogens (tertiary/aromatic N) is 3. The molecule has 172 valence electrons. The van der Waals surface area contributed by atoms with Crippen molar-refractivity contribution in [1.29, 1.82) is 0 Å². The van der Waals surface area contributed by atoms with Gasteiger partial charge in [-0.3, -0.25) is 4.79 Å². The summed E-state index contributed by atoms with van der Waals surface area (Å²) in [6, 6.07) is 12.1. The molecule has 0 atom stereocenters. The Hall–Kier alpha value is -1.80. The molecule has 0 N–H and O–H groups in total. The zero-order valence-electron chi connectivity index (χ0n) is 18.0. The van der Waals surface area contributed by atoms with Crippen molar-refractivity contribution < 1.29 is 13.2 Å². The number of hydrogen-bond donors (Lipinski definition) is 0. The summed E-state index contributed by atoms with van der Waals surface area (Å²) in [5, 5.41) is 0.937. The van der Waals surface area contributed by atoms with Crippen molar-refractivity contribution >= 4 is 44.8 Å². The molecular weight excluding hydrogens is 469 g/mol. The summed E-state index contributed by atoms with van der Waals surface area (Å²) >= 11 is 12.4. The van der Waals surface area contributed by atoms with Crippen molar-refractivity contribution in [3.63, 3.8) is 0 Å². The highest BCUT2D eigenvalue weighted by Gasteiger charge is 2.30. The van der Waals surface area contributed by atoms with Crippen molar-refractivity contribution in [3.8, 4) is 0 Å². The minimum Gasteiger partial charge on any atom is -0.368 e. The van der Waals surface area contributed by atoms with E-state index in [1.54, 1.807) is 4.90 Å². The van der Waals surface area contributed by atoms with Gasteiger partial charge in [0.05, 0.1) is 15.5 Å². The zero-order chi connectivity index (χ0) is 22.9. The molecular formula is C23H27Cl2N3O3S. The van der Waals surface area contributed by atoms with Gasteiger partial charge in [-0.15, -0.1) is 0 Å². The van der Waals surface area contributed by atoms with Gasteiger partial charge in [0.15, 0.2) is 0 Å². The maximum absolute atomic E-state index is 13.2. The quantitative estimate of drug-likeness (QED) is 0.631. The molecule has 0 aromatic heterocycles. The van der Waals surface area contributed by atoms with Gasteiger partial charge in [0.1, 0.15) is 0 Å². The Morgan fingerprint density at radius 3 is 2.28 bits per heavy atom. The van der Waals surface area contributed by atoms with Crippen LogP contribution in [0, 0.1) is 5.92 Å². The Morgan fingerprint density at radius 1 is 0.938 bits per heavy atom. The minimum atomic E-state index is -3.65. The van der Waals surface area contributed by atoms with E-state index in [4.69, 9.17) is 23.2 Å². The van der Waals surface area contributed by atoms with Crippen molar-refractivity contribution in [3.05, 3.63) is 58.1 Å². The van der Waals surface area contributed by atoms with Gasteiger partial charge >= 0.3 is 0 Å². The van der Waals surface area contributed by atoms with Gasteiger partial charge in [-0.2, -0.15) is 4.31 Å². The molecule has 2 aromatic rings. The number of rotatable bonds is 4. The first-order chi connectivity index (χ1) is 15.3. The first-order valence-electron chi connectivity index (χ1n) is 10.8. The Labute approximate surface area is 199 Å². The Bertz CT molecular complexity index is 1090. The number of carbonyl (C=O) groups is 1. The average Bonchev–Trinajstić information content (AvgIpc) is 2.79. The molecule has 2 aliphatic heterocycles. The largest absolute Gasteiger partial charge is 0.368 e. The monoisotopic (exact) mass is 495 g/mol. The first kappa shape index (κ1) is 23.4. The van der Waals surface area contributed by atoms with Crippen LogP contribution in [0.25, 0.3) is 0 Å². The summed E-state index contributed by atoms with van der Waals surface area (Å²) in [7, 11) is -3.65. The number of piperazine rings is 1. The second kappa shape index (κ2) is 9.59. The fourth-order valence-corrected chi connectivity index (χ4v) is 6.09. The lowest BCUT2D eigenvalue weighted by molar-refractivity contribution is 0.0746. The van der Waals surface area contributed by atoms with Crippen LogP contribution in [-0.2, 0) is 10.0 Å². The number of halogens is 2. The highest BCUT2D eigenvalue weighted by Crippen LogP contribution is 2.28. The van der Waals surface area contributed by atoms with Crippen molar-refractivity contribution in [2.24, 2.45) is 5.92 Å². The Kier molecular flexibility index (Phi) is 7.00. The van der Waals surface area contributed by atoms with Crippen molar-refractivity contribution in [2.75, 3.05) is 44.2 Å². The smallest absolute Gasteiger partial charge is 0.255 e. The maximum atomic E-state index is 13.2. The molecule has 2 heterocycles. The second-order valence-corrected chi connectivity index (χ2v) is 11.3. The van der Waals surface area contributed by atoms with E-state index in [1.165, 1.54) is 22.5 Å². The molecule has 0 spiro atoms. The van der Waals surface area contributed by atoms with Crippen LogP contribution in [0.5, 0.6) is 0 Å². The SMILES string of the molecule is CC1CCN(S(=O)(=O)c2ccc(Cl)c(C(=O)N3CCN(c4cccc(Cl)c4)CC3)c2)CC1. The number of hydrogen-bond acceptors (Lipinski definition) is 4. The van der Waals surface area contributed by atoms with Crippen molar-refractivity contribution in [2.45, 2.75) is 24.7 Å². The van der Waals surface area contributed by atoms with E-state index in [9.17, 15) is 13.2 Å². The number of piperidine rings is 1. The fourth-order valence-electron chi connectivity index (χ4n) is 4.21. The van der Waals surface area contributed by atoms with Crippen LogP contribution in [0.15, 0.2) is 47.4 Å². The predicted molar refractivity (Wildman–Crippen MR) is 128 cm³/mol. The third-order valence-corrected chi connectivity index (χ3v) is 8.75. The minimum absolute atomic E-state index is 0.123. The van der Waals surface area contributed by atoms with E-state index in [1.807, 2.05) is 24.3 Å². The third-order valence-electron chi connectivity index (χ3n) is 6.29. The highest BCUT2D eigenvalue weighted by molar-refractivity contribution is 7.89. The van der Waals surface area contributed by atoms with Crippen LogP contribution in [0.4, 0.5) is 5.69 Å². The summed E-state index contributed by atoms with van der Waals surface area (Å²) in [6.07, 6.45) is 1.69. The van der Waals surface area contributed by atoms with Crippen LogP contribution in [0.1, 0.15) is 30.1 Å². The molecule has 2 saturated heterocycles. The molecule has 2 aromatic carbocycles. The van der Waals surface area contributed by atoms with Crippen LogP contribution >= 0.6 is 23.2 Å². The van der Waals surface area contributed by atoms with Gasteiger partial charge in [-0.05, 0) is 55.2 Å². The van der Waals surface area contributed by atoms with E-state index >= 15 is 0 Å². The number of anilines is 1. The lowest BCUT2D eigenvalue weighted by atomic mass is 10.0. The second-order valence-electron chi connectivity index (χ2n) is 8.49. The molecule has 2 aliphatic rings. The van der Waals surface area contributed by atoms with Gasteiger partial charge in [-0.1, -0.05) is 36.2 Å². The average molecular weight is 496 g/mol. The number of sulfonamides is 1. The molecule has 6 nitrogen and oxygen atoms in total. The van der Waals surface area contributed by atoms with Gasteiger partial charge in [0, 0.05) is 50.0 Å². The summed E-state index contributed by atoms with van der Waals surface area (Å²) in [4.78, 5) is 17.2. The number of amides is 1. The lowest BCUT2D eigenvalue weighted by Crippen LogP contribution is -2.48. The Morgan fingerprint density at radius 2 is 1.62 bits per heavy atom. The molecule has 32 heavy (non-hydrogen) atoms. The van der Waals surface area contributed by atoms with Crippen LogP contribution in [0.3, 0.4) is 0 Å². The van der Waals surface area contributed by atoms with E-state index in [0.717, 1.165) is 18.5 Å². The van der Waals surface area contributed by atoms with E-state index in [0.29, 0.717) is 50.2 Å². The topological polar surface area (TPSA) is 60.9 Å². The van der Waals surface area contributed by atoms with Gasteiger partial charge < -0.3 is 9.80 Å². The van der Waals surface area contributed by atoms with E-state index < -0.39 is 10.0 Å². The van der Waals surface area contributed by atoms with Gasteiger partial charge in [-0.25, -0.2) is 8.42 Å². The Balaban J connectivity index is 1.48. The number of carbonyl (C=O) groups excluding carboxylic acids is 1. The first-order valence-corrected chi connectivity index (χ1v) is 13.0.